The highest BCUT2D eigenvalue weighted by atomic mass is 32.2. The summed E-state index contributed by atoms with van der Waals surface area (Å²) in [6.45, 7) is 23.0. The minimum absolute atomic E-state index is 0.00850. The van der Waals surface area contributed by atoms with Crippen molar-refractivity contribution in [2.75, 3.05) is 49.1 Å². The molecule has 7 N–H and O–H groups in total. The number of carbonyl (C=O) groups excluding carboxylic acids is 2. The Balaban J connectivity index is 1.30. The number of allylic oxidation sites excluding steroid dienone is 7. The first-order chi connectivity index (χ1) is 46.0. The second-order valence-corrected chi connectivity index (χ2v) is 29.8. The molecule has 0 saturated heterocycles. The minimum atomic E-state index is -4.27. The van der Waals surface area contributed by atoms with Gasteiger partial charge in [-0.15, -0.1) is 0 Å². The summed E-state index contributed by atoms with van der Waals surface area (Å²) >= 11 is 0. The number of Topliss-reactive ketones (excluding diaryl/α,β-unsaturated/α-hetero) is 1. The Morgan fingerprint density at radius 2 is 1.14 bits per heavy atom. The van der Waals surface area contributed by atoms with Crippen molar-refractivity contribution in [3.63, 3.8) is 0 Å². The second kappa shape index (κ2) is 31.7. The minimum Gasteiger partial charge on any atom is -0.423 e. The van der Waals surface area contributed by atoms with Gasteiger partial charge in [0.2, 0.25) is 11.6 Å². The summed E-state index contributed by atoms with van der Waals surface area (Å²) in [4.78, 5) is 32.4. The number of hydrogen-bond acceptors (Lipinski definition) is 13. The summed E-state index contributed by atoms with van der Waals surface area (Å²) in [5.41, 5.74) is 11.2. The van der Waals surface area contributed by atoms with Crippen LogP contribution >= 0.6 is 0 Å². The van der Waals surface area contributed by atoms with Crippen molar-refractivity contribution in [3.05, 3.63) is 233 Å². The molecule has 17 nitrogen and oxygen atoms in total. The third-order valence-corrected chi connectivity index (χ3v) is 20.3. The van der Waals surface area contributed by atoms with Crippen LogP contribution in [0.5, 0.6) is 0 Å². The lowest BCUT2D eigenvalue weighted by Crippen LogP contribution is -2.36. The average Bonchev–Trinajstić information content (AvgIpc) is 1.63. The SMILES string of the molecule is C=C(C)C(=O)CCCCN(Cc1ccccc1B(O)O)Cc1c2ccccc2c(CN(CCCNC(=O)C(=C)C)Cc2ccccc2B(O)O)c2ccc(C(C=CC3=[N+](CCCS(=O)(=O)O)c4ccccc4C3(C)C)=CC=C3N(CCCS(=O)(=O)O)c4ccccc4C3(C)C)cc12. The Bertz CT molecular complexity index is 4480. The van der Waals surface area contributed by atoms with Crippen molar-refractivity contribution in [1.82, 2.24) is 15.1 Å². The lowest BCUT2D eigenvalue weighted by atomic mass is 9.77. The predicted octanol–water partition coefficient (Wildman–Crippen LogP) is 10.0. The summed E-state index contributed by atoms with van der Waals surface area (Å²) in [6.07, 6.45) is 10.7. The highest BCUT2D eigenvalue weighted by Crippen LogP contribution is 2.48. The van der Waals surface area contributed by atoms with E-state index in [1.807, 2.05) is 72.8 Å². The topological polar surface area (TPSA) is 249 Å². The second-order valence-electron chi connectivity index (χ2n) is 26.6. The molecule has 1 amide bonds. The number of fused-ring (bicyclic) bond motifs is 4. The standard InChI is InChI=1S/C76H89B2N5O12S2/c1-53(2)71(84)34-19-20-42-80(49-57-24-9-15-30-67(57)77(86)87)52-64-60-27-12-11-26-59(60)63(51-81(43-21-41-79-74(85)54(3)4)50-58-25-10-16-31-68(58)78(88)89)61-38-35-56(48-62(61)64)55(36-39-72-75(5,6)65-28-13-17-32-69(65)82(72)44-22-46-96(90,91)92)37-40-73-76(7,8)66-29-14-18-33-70(66)83(73)45-23-47-97(93,94)95/h9-18,24-33,35-40,48,86-89H,1,3,19-23,34,41-47,49-52H2,2,4-8H3,(H2-,79,85,90,91,92,93,94,95)/p+1. The van der Waals surface area contributed by atoms with E-state index in [1.54, 1.807) is 38.1 Å². The van der Waals surface area contributed by atoms with E-state index in [9.17, 15) is 55.6 Å². The van der Waals surface area contributed by atoms with Crippen LogP contribution in [-0.4, -0.2) is 136 Å². The highest BCUT2D eigenvalue weighted by Gasteiger charge is 2.44. The number of anilines is 1. The Labute approximate surface area is 572 Å². The number of para-hydroxylation sites is 2. The zero-order valence-corrected chi connectivity index (χ0v) is 58.0. The molecule has 21 heteroatoms. The number of benzene rings is 7. The van der Waals surface area contributed by atoms with Gasteiger partial charge in [0.25, 0.3) is 20.2 Å². The molecule has 0 fully saturated rings. The molecule has 0 radical (unpaired) electrons. The molecule has 2 heterocycles. The van der Waals surface area contributed by atoms with Crippen LogP contribution in [0.15, 0.2) is 194 Å². The smallest absolute Gasteiger partial charge is 0.423 e. The maximum Gasteiger partial charge on any atom is 0.488 e. The van der Waals surface area contributed by atoms with Gasteiger partial charge in [0, 0.05) is 98.7 Å². The van der Waals surface area contributed by atoms with Crippen molar-refractivity contribution in [2.45, 2.75) is 117 Å². The Morgan fingerprint density at radius 1 is 0.608 bits per heavy atom. The molecular weight excluding hydrogens is 1260 g/mol. The quantitative estimate of drug-likeness (QED) is 0.00385. The fraction of sp³-hybridized carbons (Fsp3) is 0.329. The van der Waals surface area contributed by atoms with E-state index in [0.29, 0.717) is 93.6 Å². The lowest BCUT2D eigenvalue weighted by Gasteiger charge is -2.29. The number of rotatable bonds is 33. The molecule has 7 aromatic rings. The van der Waals surface area contributed by atoms with Gasteiger partial charge >= 0.3 is 14.2 Å². The third kappa shape index (κ3) is 18.1. The first-order valence-electron chi connectivity index (χ1n) is 33.1. The summed E-state index contributed by atoms with van der Waals surface area (Å²) in [5, 5.41) is 49.6. The van der Waals surface area contributed by atoms with Gasteiger partial charge in [-0.3, -0.25) is 28.5 Å². The third-order valence-electron chi connectivity index (χ3n) is 18.7. The number of nitrogens with zero attached hydrogens (tertiary/aromatic N) is 4. The molecule has 2 aliphatic heterocycles. The summed E-state index contributed by atoms with van der Waals surface area (Å²) in [6, 6.07) is 45.2. The van der Waals surface area contributed by atoms with Crippen LogP contribution in [0, 0.1) is 0 Å². The van der Waals surface area contributed by atoms with Gasteiger partial charge < -0.3 is 30.3 Å². The van der Waals surface area contributed by atoms with Crippen LogP contribution in [0.1, 0.15) is 119 Å². The van der Waals surface area contributed by atoms with E-state index >= 15 is 0 Å². The van der Waals surface area contributed by atoms with Crippen LogP contribution in [0.25, 0.3) is 27.1 Å². The molecule has 97 heavy (non-hydrogen) atoms. The van der Waals surface area contributed by atoms with Gasteiger partial charge in [0.15, 0.2) is 11.5 Å². The van der Waals surface area contributed by atoms with Crippen LogP contribution in [0.3, 0.4) is 0 Å². The fourth-order valence-electron chi connectivity index (χ4n) is 13.7. The molecule has 0 atom stereocenters. The molecule has 7 aromatic carbocycles. The average molecular weight is 1350 g/mol. The maximum atomic E-state index is 13.0. The van der Waals surface area contributed by atoms with Gasteiger partial charge in [0.05, 0.1) is 16.9 Å². The molecule has 2 aliphatic rings. The number of hydrogen-bond donors (Lipinski definition) is 7. The summed E-state index contributed by atoms with van der Waals surface area (Å²) in [7, 11) is -12.0. The zero-order chi connectivity index (χ0) is 70.0. The van der Waals surface area contributed by atoms with Crippen molar-refractivity contribution >= 4 is 101 Å². The molecular formula is C76H90B2N5O12S2+. The molecule has 0 bridgehead atoms. The largest absolute Gasteiger partial charge is 0.488 e. The van der Waals surface area contributed by atoms with Crippen molar-refractivity contribution in [3.8, 4) is 0 Å². The maximum absolute atomic E-state index is 13.0. The molecule has 0 saturated carbocycles. The first kappa shape index (κ1) is 73.3. The van der Waals surface area contributed by atoms with Crippen LogP contribution in [0.4, 0.5) is 11.4 Å². The highest BCUT2D eigenvalue weighted by molar-refractivity contribution is 7.86. The van der Waals surface area contributed by atoms with E-state index < -0.39 is 56.8 Å². The Hall–Kier alpha value is -7.92. The van der Waals surface area contributed by atoms with Crippen molar-refractivity contribution < 1.29 is 60.2 Å². The van der Waals surface area contributed by atoms with E-state index in [2.05, 4.69) is 132 Å². The lowest BCUT2D eigenvalue weighted by molar-refractivity contribution is -0.437. The van der Waals surface area contributed by atoms with Gasteiger partial charge in [-0.25, -0.2) is 0 Å². The van der Waals surface area contributed by atoms with Crippen molar-refractivity contribution in [1.29, 1.82) is 0 Å². The van der Waals surface area contributed by atoms with Crippen LogP contribution < -0.4 is 21.1 Å². The van der Waals surface area contributed by atoms with Crippen LogP contribution in [-0.2, 0) is 66.8 Å². The number of carbonyl (C=O) groups is 2. The Morgan fingerprint density at radius 3 is 1.74 bits per heavy atom. The van der Waals surface area contributed by atoms with Gasteiger partial charge in [0.1, 0.15) is 6.54 Å². The van der Waals surface area contributed by atoms with Gasteiger partial charge in [-0.1, -0.05) is 154 Å². The number of nitrogens with one attached hydrogen (secondary N) is 1. The van der Waals surface area contributed by atoms with E-state index in [4.69, 9.17) is 0 Å². The molecule has 0 aromatic heterocycles. The van der Waals surface area contributed by atoms with E-state index in [-0.39, 0.29) is 37.6 Å². The number of ketones is 1. The first-order valence-corrected chi connectivity index (χ1v) is 36.3. The van der Waals surface area contributed by atoms with Gasteiger partial charge in [-0.05, 0) is 161 Å². The normalized spacial score (nSPS) is 14.9. The summed E-state index contributed by atoms with van der Waals surface area (Å²) in [5.74, 6) is -1.11. The molecule has 9 rings (SSSR count). The predicted molar refractivity (Wildman–Crippen MR) is 392 cm³/mol. The molecule has 0 aliphatic carbocycles. The summed E-state index contributed by atoms with van der Waals surface area (Å²) < 4.78 is 70.7. The molecule has 508 valence electrons. The van der Waals surface area contributed by atoms with Crippen LogP contribution in [0.2, 0.25) is 0 Å². The van der Waals surface area contributed by atoms with Crippen molar-refractivity contribution in [2.24, 2.45) is 0 Å². The van der Waals surface area contributed by atoms with E-state index in [0.717, 1.165) is 88.8 Å². The fourth-order valence-corrected chi connectivity index (χ4v) is 14.7. The molecule has 0 unspecified atom stereocenters. The number of amides is 1. The Kier molecular flexibility index (Phi) is 24.0. The monoisotopic (exact) mass is 1350 g/mol. The van der Waals surface area contributed by atoms with Gasteiger partial charge in [-0.2, -0.15) is 21.4 Å². The zero-order valence-electron chi connectivity index (χ0n) is 56.4. The molecule has 0 spiro atoms. The number of unbranched alkanes of at least 4 members (excludes halogenated alkanes) is 1. The van der Waals surface area contributed by atoms with E-state index in [1.165, 1.54) is 0 Å².